The van der Waals surface area contributed by atoms with Gasteiger partial charge in [0.2, 0.25) is 0 Å². The van der Waals surface area contributed by atoms with Gasteiger partial charge in [-0.2, -0.15) is 0 Å². The van der Waals surface area contributed by atoms with Crippen LogP contribution in [-0.4, -0.2) is 14.2 Å². The minimum atomic E-state index is 0. The van der Waals surface area contributed by atoms with Crippen molar-refractivity contribution >= 4 is 12.4 Å². The number of halogens is 1. The Balaban J connectivity index is 0.000000394. The summed E-state index contributed by atoms with van der Waals surface area (Å²) in [6.07, 6.45) is 2.29. The van der Waals surface area contributed by atoms with E-state index < -0.39 is 0 Å². The number of nitrogens with two attached hydrogens (primary N) is 1. The fourth-order valence-corrected chi connectivity index (χ4v) is 3.10. The highest BCUT2D eigenvalue weighted by atomic mass is 35.5. The first-order valence-electron chi connectivity index (χ1n) is 9.73. The molecule has 2 N–H and O–H groups in total. The zero-order valence-electron chi connectivity index (χ0n) is 17.5. The maximum absolute atomic E-state index is 5.35. The first-order valence-corrected chi connectivity index (χ1v) is 9.73. The van der Waals surface area contributed by atoms with E-state index in [0.29, 0.717) is 12.5 Å². The van der Waals surface area contributed by atoms with Gasteiger partial charge in [0.05, 0.1) is 14.2 Å². The van der Waals surface area contributed by atoms with Gasteiger partial charge in [0.25, 0.3) is 0 Å². The molecular weight excluding hydrogens is 382 g/mol. The smallest absolute Gasteiger partial charge is 0.118 e. The Morgan fingerprint density at radius 1 is 0.724 bits per heavy atom. The summed E-state index contributed by atoms with van der Waals surface area (Å²) in [5.41, 5.74) is 9.20. The molecule has 4 heteroatoms. The highest BCUT2D eigenvalue weighted by Gasteiger charge is 2.13. The van der Waals surface area contributed by atoms with Gasteiger partial charge >= 0.3 is 0 Å². The molecule has 0 bridgehead atoms. The predicted molar refractivity (Wildman–Crippen MR) is 124 cm³/mol. The molecule has 0 unspecified atom stereocenters. The van der Waals surface area contributed by atoms with E-state index in [9.17, 15) is 0 Å². The number of rotatable bonds is 7. The molecule has 0 aliphatic rings. The Labute approximate surface area is 181 Å². The minimum Gasteiger partial charge on any atom is -0.497 e. The quantitative estimate of drug-likeness (QED) is 0.501. The summed E-state index contributed by atoms with van der Waals surface area (Å²) in [6.45, 7) is 2.86. The van der Waals surface area contributed by atoms with Crippen LogP contribution in [0.5, 0.6) is 11.5 Å². The van der Waals surface area contributed by atoms with Crippen molar-refractivity contribution in [3.8, 4) is 11.5 Å². The van der Waals surface area contributed by atoms with E-state index in [1.807, 2.05) is 54.6 Å². The van der Waals surface area contributed by atoms with Crippen molar-refractivity contribution in [3.05, 3.63) is 95.6 Å². The Morgan fingerprint density at radius 2 is 1.17 bits per heavy atom. The van der Waals surface area contributed by atoms with E-state index in [4.69, 9.17) is 15.2 Å². The summed E-state index contributed by atoms with van der Waals surface area (Å²) in [7, 11) is 3.39. The Morgan fingerprint density at radius 3 is 1.48 bits per heavy atom. The number of ether oxygens (including phenoxy) is 2. The predicted octanol–water partition coefficient (Wildman–Crippen LogP) is 6.20. The van der Waals surface area contributed by atoms with Gasteiger partial charge in [0, 0.05) is 12.5 Å². The third-order valence-corrected chi connectivity index (χ3v) is 4.69. The normalized spacial score (nSPS) is 9.83. The average Bonchev–Trinajstić information content (AvgIpc) is 2.78. The topological polar surface area (TPSA) is 44.5 Å². The zero-order valence-corrected chi connectivity index (χ0v) is 18.3. The average molecular weight is 414 g/mol. The van der Waals surface area contributed by atoms with E-state index >= 15 is 0 Å². The van der Waals surface area contributed by atoms with Gasteiger partial charge in [-0.3, -0.25) is 0 Å². The standard InChI is InChI=1S/C18H22O2.C7H9N.ClH/c1-4-5-18(14-6-10-16(19-2)11-7-14)15-8-12-17(20-3)13-9-15;8-6-7-4-2-1-3-5-7;/h6-13,18H,4-5H2,1-3H3;1-5H,6,8H2;1H. The van der Waals surface area contributed by atoms with Gasteiger partial charge in [-0.05, 0) is 47.4 Å². The number of benzene rings is 3. The molecule has 0 aliphatic carbocycles. The summed E-state index contributed by atoms with van der Waals surface area (Å²) in [5.74, 6) is 2.23. The molecule has 0 radical (unpaired) electrons. The minimum absolute atomic E-state index is 0. The molecule has 0 amide bonds. The maximum Gasteiger partial charge on any atom is 0.118 e. The molecule has 156 valence electrons. The van der Waals surface area contributed by atoms with Crippen LogP contribution in [0.25, 0.3) is 0 Å². The van der Waals surface area contributed by atoms with Crippen LogP contribution in [0.4, 0.5) is 0 Å². The van der Waals surface area contributed by atoms with Crippen molar-refractivity contribution < 1.29 is 9.47 Å². The van der Waals surface area contributed by atoms with Gasteiger partial charge in [0.1, 0.15) is 11.5 Å². The van der Waals surface area contributed by atoms with Crippen LogP contribution in [0.1, 0.15) is 42.4 Å². The van der Waals surface area contributed by atoms with Crippen molar-refractivity contribution in [2.24, 2.45) is 5.73 Å². The molecule has 3 aromatic rings. The SMILES string of the molecule is CCCC(c1ccc(OC)cc1)c1ccc(OC)cc1.Cl.NCc1ccccc1. The molecule has 0 heterocycles. The van der Waals surface area contributed by atoms with Crippen molar-refractivity contribution in [1.29, 1.82) is 0 Å². The monoisotopic (exact) mass is 413 g/mol. The van der Waals surface area contributed by atoms with Gasteiger partial charge in [-0.1, -0.05) is 67.9 Å². The van der Waals surface area contributed by atoms with Gasteiger partial charge in [-0.15, -0.1) is 12.4 Å². The van der Waals surface area contributed by atoms with Crippen molar-refractivity contribution in [3.63, 3.8) is 0 Å². The lowest BCUT2D eigenvalue weighted by Crippen LogP contribution is -2.01. The molecule has 0 atom stereocenters. The van der Waals surface area contributed by atoms with Crippen molar-refractivity contribution in [2.45, 2.75) is 32.2 Å². The third-order valence-electron chi connectivity index (χ3n) is 4.69. The first-order chi connectivity index (χ1) is 13.7. The van der Waals surface area contributed by atoms with Crippen LogP contribution in [0.15, 0.2) is 78.9 Å². The second-order valence-corrected chi connectivity index (χ2v) is 6.58. The molecule has 0 spiro atoms. The molecule has 0 aliphatic heterocycles. The summed E-state index contributed by atoms with van der Waals surface area (Å²) in [5, 5.41) is 0. The van der Waals surface area contributed by atoms with Gasteiger partial charge in [0.15, 0.2) is 0 Å². The Kier molecular flexibility index (Phi) is 11.6. The molecule has 3 rings (SSSR count). The fraction of sp³-hybridized carbons (Fsp3) is 0.280. The zero-order chi connectivity index (χ0) is 20.2. The Bertz CT molecular complexity index is 742. The molecule has 29 heavy (non-hydrogen) atoms. The van der Waals surface area contributed by atoms with Gasteiger partial charge < -0.3 is 15.2 Å². The molecule has 3 nitrogen and oxygen atoms in total. The third kappa shape index (κ3) is 7.80. The van der Waals surface area contributed by atoms with Crippen molar-refractivity contribution in [2.75, 3.05) is 14.2 Å². The summed E-state index contributed by atoms with van der Waals surface area (Å²) in [6, 6.07) is 26.7. The van der Waals surface area contributed by atoms with Gasteiger partial charge in [-0.25, -0.2) is 0 Å². The van der Waals surface area contributed by atoms with Crippen LogP contribution in [0.3, 0.4) is 0 Å². The largest absolute Gasteiger partial charge is 0.497 e. The van der Waals surface area contributed by atoms with E-state index in [-0.39, 0.29) is 12.4 Å². The fourth-order valence-electron chi connectivity index (χ4n) is 3.10. The van der Waals surface area contributed by atoms with Crippen LogP contribution in [0.2, 0.25) is 0 Å². The lowest BCUT2D eigenvalue weighted by atomic mass is 9.87. The lowest BCUT2D eigenvalue weighted by molar-refractivity contribution is 0.414. The van der Waals surface area contributed by atoms with Crippen LogP contribution in [0, 0.1) is 0 Å². The van der Waals surface area contributed by atoms with E-state index in [0.717, 1.165) is 24.3 Å². The molecular formula is C25H32ClNO2. The highest BCUT2D eigenvalue weighted by Crippen LogP contribution is 2.31. The molecule has 0 aromatic heterocycles. The summed E-state index contributed by atoms with van der Waals surface area (Å²) >= 11 is 0. The molecule has 0 saturated carbocycles. The van der Waals surface area contributed by atoms with E-state index in [1.54, 1.807) is 14.2 Å². The van der Waals surface area contributed by atoms with Crippen molar-refractivity contribution in [1.82, 2.24) is 0 Å². The highest BCUT2D eigenvalue weighted by molar-refractivity contribution is 5.85. The number of hydrogen-bond donors (Lipinski definition) is 1. The lowest BCUT2D eigenvalue weighted by Gasteiger charge is -2.18. The summed E-state index contributed by atoms with van der Waals surface area (Å²) in [4.78, 5) is 0. The van der Waals surface area contributed by atoms with Crippen LogP contribution >= 0.6 is 12.4 Å². The second-order valence-electron chi connectivity index (χ2n) is 6.58. The second kappa shape index (κ2) is 13.6. The number of methoxy groups -OCH3 is 2. The number of hydrogen-bond acceptors (Lipinski definition) is 3. The summed E-state index contributed by atoms with van der Waals surface area (Å²) < 4.78 is 10.5. The Hall–Kier alpha value is -2.49. The molecule has 0 saturated heterocycles. The first kappa shape index (κ1) is 24.5. The van der Waals surface area contributed by atoms with E-state index in [1.165, 1.54) is 16.7 Å². The van der Waals surface area contributed by atoms with Crippen LogP contribution in [-0.2, 0) is 6.54 Å². The maximum atomic E-state index is 5.35. The molecule has 0 fully saturated rings. The van der Waals surface area contributed by atoms with Crippen LogP contribution < -0.4 is 15.2 Å². The van der Waals surface area contributed by atoms with E-state index in [2.05, 4.69) is 31.2 Å². The molecule has 3 aromatic carbocycles.